The molecule has 2 radical (unpaired) electrons. The van der Waals surface area contributed by atoms with Crippen LogP contribution in [0.15, 0.2) is 0 Å². The third-order valence-corrected chi connectivity index (χ3v) is 3.17. The molecule has 0 aromatic rings. The number of rotatable bonds is 5. The van der Waals surface area contributed by atoms with E-state index in [1.165, 1.54) is 7.11 Å². The molecule has 0 aromatic heterocycles. The van der Waals surface area contributed by atoms with Crippen LogP contribution in [0.3, 0.4) is 0 Å². The third kappa shape index (κ3) is 3.04. The Labute approximate surface area is 94.7 Å². The highest BCUT2D eigenvalue weighted by molar-refractivity contribution is 7.45. The van der Waals surface area contributed by atoms with E-state index in [0.29, 0.717) is 0 Å². The highest BCUT2D eigenvalue weighted by Crippen LogP contribution is 2.39. The van der Waals surface area contributed by atoms with Gasteiger partial charge >= 0.3 is 0 Å². The molecule has 1 heterocycles. The summed E-state index contributed by atoms with van der Waals surface area (Å²) >= 11 is 0. The predicted molar refractivity (Wildman–Crippen MR) is 51.8 cm³/mol. The van der Waals surface area contributed by atoms with Crippen molar-refractivity contribution < 1.29 is 33.1 Å². The molecule has 9 heteroatoms. The summed E-state index contributed by atoms with van der Waals surface area (Å²) in [5.74, 6) is 0. The van der Waals surface area contributed by atoms with Gasteiger partial charge in [0.05, 0.1) is 18.7 Å². The van der Waals surface area contributed by atoms with Crippen LogP contribution in [-0.4, -0.2) is 58.1 Å². The number of phosphoric ester groups is 1. The first kappa shape index (κ1) is 14.1. The van der Waals surface area contributed by atoms with E-state index in [4.69, 9.17) is 17.3 Å². The summed E-state index contributed by atoms with van der Waals surface area (Å²) < 4.78 is 29.5. The second kappa shape index (κ2) is 5.14. The Hall–Kier alpha value is 0.0549. The number of phosphoric acid groups is 1. The summed E-state index contributed by atoms with van der Waals surface area (Å²) in [6.07, 6.45) is -1.78. The Balaban J connectivity index is 2.62. The van der Waals surface area contributed by atoms with Crippen molar-refractivity contribution in [3.63, 3.8) is 0 Å². The molecular formula is C7H13BO7P-. The minimum atomic E-state index is -4.37. The molecule has 1 rings (SSSR count). The highest BCUT2D eigenvalue weighted by atomic mass is 31.2. The van der Waals surface area contributed by atoms with Crippen molar-refractivity contribution in [2.45, 2.75) is 17.7 Å². The van der Waals surface area contributed by atoms with Crippen LogP contribution >= 0.6 is 7.82 Å². The summed E-state index contributed by atoms with van der Waals surface area (Å²) in [7, 11) is 3.64. The van der Waals surface area contributed by atoms with Gasteiger partial charge in [-0.2, -0.15) is 0 Å². The molecule has 92 valence electrons. The van der Waals surface area contributed by atoms with Crippen LogP contribution in [0.5, 0.6) is 0 Å². The number of ether oxygens (including phenoxy) is 2. The van der Waals surface area contributed by atoms with Gasteiger partial charge in [0, 0.05) is 14.2 Å². The quantitative estimate of drug-likeness (QED) is 0.463. The van der Waals surface area contributed by atoms with Crippen molar-refractivity contribution >= 4 is 15.7 Å². The maximum absolute atomic E-state index is 10.9. The standard InChI is InChI=1S/C7H14BO7P/c1-12-6-5(9)3-14-7(6,8)4-15-16(10,11)13-2/h5-6,9H,3-4H2,1-2H3,(H,10,11)/p-1/t5-,6+,7+/m0/s1. The lowest BCUT2D eigenvalue weighted by Crippen LogP contribution is -2.48. The fourth-order valence-electron chi connectivity index (χ4n) is 1.45. The zero-order valence-electron chi connectivity index (χ0n) is 8.99. The molecule has 1 N–H and O–H groups in total. The Morgan fingerprint density at radius 1 is 1.69 bits per heavy atom. The number of hydrogen-bond donors (Lipinski definition) is 1. The largest absolute Gasteiger partial charge is 0.756 e. The lowest BCUT2D eigenvalue weighted by Gasteiger charge is -2.32. The minimum Gasteiger partial charge on any atom is -0.756 e. The molecule has 1 aliphatic heterocycles. The highest BCUT2D eigenvalue weighted by Gasteiger charge is 2.46. The van der Waals surface area contributed by atoms with Gasteiger partial charge in [0.1, 0.15) is 20.1 Å². The van der Waals surface area contributed by atoms with E-state index in [1.54, 1.807) is 0 Å². The molecule has 0 spiro atoms. The Morgan fingerprint density at radius 3 is 2.81 bits per heavy atom. The van der Waals surface area contributed by atoms with Crippen molar-refractivity contribution in [2.75, 3.05) is 27.4 Å². The molecule has 0 bridgehead atoms. The van der Waals surface area contributed by atoms with E-state index in [2.05, 4.69) is 9.05 Å². The third-order valence-electron chi connectivity index (χ3n) is 2.28. The van der Waals surface area contributed by atoms with E-state index in [0.717, 1.165) is 7.11 Å². The van der Waals surface area contributed by atoms with Crippen LogP contribution in [0.1, 0.15) is 0 Å². The number of aliphatic hydroxyl groups is 1. The smallest absolute Gasteiger partial charge is 0.267 e. The van der Waals surface area contributed by atoms with E-state index >= 15 is 0 Å². The van der Waals surface area contributed by atoms with Gasteiger partial charge in [-0.1, -0.05) is 0 Å². The van der Waals surface area contributed by atoms with E-state index < -0.39 is 32.1 Å². The summed E-state index contributed by atoms with van der Waals surface area (Å²) in [5.41, 5.74) is -1.51. The van der Waals surface area contributed by atoms with Crippen LogP contribution in [0.2, 0.25) is 0 Å². The van der Waals surface area contributed by atoms with Crippen molar-refractivity contribution in [1.29, 1.82) is 0 Å². The summed E-state index contributed by atoms with van der Waals surface area (Å²) in [6, 6.07) is 0. The van der Waals surface area contributed by atoms with Crippen LogP contribution in [-0.2, 0) is 23.1 Å². The Kier molecular flexibility index (Phi) is 4.53. The number of aliphatic hydroxyl groups excluding tert-OH is 1. The predicted octanol–water partition coefficient (Wildman–Crippen LogP) is -1.61. The first-order valence-corrected chi connectivity index (χ1v) is 5.96. The van der Waals surface area contributed by atoms with Gasteiger partial charge in [-0.15, -0.1) is 0 Å². The monoisotopic (exact) mass is 251 g/mol. The molecule has 7 nitrogen and oxygen atoms in total. The summed E-state index contributed by atoms with van der Waals surface area (Å²) in [4.78, 5) is 10.9. The van der Waals surface area contributed by atoms with Gasteiger partial charge in [0.15, 0.2) is 0 Å². The van der Waals surface area contributed by atoms with Gasteiger partial charge in [-0.05, 0) is 0 Å². The van der Waals surface area contributed by atoms with Gasteiger partial charge in [0.2, 0.25) is 0 Å². The zero-order valence-corrected chi connectivity index (χ0v) is 9.88. The van der Waals surface area contributed by atoms with Crippen molar-refractivity contribution in [2.24, 2.45) is 0 Å². The van der Waals surface area contributed by atoms with Crippen molar-refractivity contribution in [1.82, 2.24) is 0 Å². The second-order valence-corrected chi connectivity index (χ2v) is 4.91. The molecule has 0 saturated carbocycles. The maximum atomic E-state index is 10.9. The lowest BCUT2D eigenvalue weighted by atomic mass is 9.77. The zero-order chi connectivity index (χ0) is 12.4. The molecule has 4 atom stereocenters. The first-order valence-electron chi connectivity index (χ1n) is 4.49. The molecule has 0 aliphatic carbocycles. The van der Waals surface area contributed by atoms with Crippen molar-refractivity contribution in [3.8, 4) is 0 Å². The fourth-order valence-corrected chi connectivity index (χ4v) is 1.91. The first-order chi connectivity index (χ1) is 7.34. The van der Waals surface area contributed by atoms with Crippen LogP contribution in [0, 0.1) is 0 Å². The SMILES string of the molecule is [B][C@]1(COP(=O)([O-])OC)OC[C@H](O)[C@H]1OC. The van der Waals surface area contributed by atoms with Crippen LogP contribution in [0.4, 0.5) is 0 Å². The molecule has 0 amide bonds. The normalized spacial score (nSPS) is 38.5. The van der Waals surface area contributed by atoms with Crippen molar-refractivity contribution in [3.05, 3.63) is 0 Å². The van der Waals surface area contributed by atoms with Gasteiger partial charge < -0.3 is 28.5 Å². The average Bonchev–Trinajstić information content (AvgIpc) is 2.53. The number of hydrogen-bond acceptors (Lipinski definition) is 7. The summed E-state index contributed by atoms with van der Waals surface area (Å²) in [5, 5.41) is 9.45. The molecule has 0 aromatic carbocycles. The lowest BCUT2D eigenvalue weighted by molar-refractivity contribution is -0.226. The van der Waals surface area contributed by atoms with E-state index in [9.17, 15) is 14.6 Å². The maximum Gasteiger partial charge on any atom is 0.267 e. The Bertz CT molecular complexity index is 288. The number of methoxy groups -OCH3 is 1. The summed E-state index contributed by atoms with van der Waals surface area (Å²) in [6.45, 7) is -0.536. The van der Waals surface area contributed by atoms with E-state index in [1.807, 2.05) is 0 Å². The minimum absolute atomic E-state index is 0.0471. The van der Waals surface area contributed by atoms with Gasteiger partial charge in [-0.25, -0.2) is 0 Å². The van der Waals surface area contributed by atoms with Crippen LogP contribution in [0.25, 0.3) is 0 Å². The van der Waals surface area contributed by atoms with Gasteiger partial charge in [0.25, 0.3) is 7.82 Å². The molecular weight excluding hydrogens is 238 g/mol. The molecule has 1 saturated heterocycles. The second-order valence-electron chi connectivity index (χ2n) is 3.39. The van der Waals surface area contributed by atoms with E-state index in [-0.39, 0.29) is 6.61 Å². The molecule has 1 unspecified atom stereocenters. The van der Waals surface area contributed by atoms with Gasteiger partial charge in [-0.3, -0.25) is 4.57 Å². The fraction of sp³-hybridized carbons (Fsp3) is 1.00. The van der Waals surface area contributed by atoms with Crippen LogP contribution < -0.4 is 4.89 Å². The average molecular weight is 251 g/mol. The molecule has 1 aliphatic rings. The molecule has 1 fully saturated rings. The Morgan fingerprint density at radius 2 is 2.31 bits per heavy atom. The molecule has 16 heavy (non-hydrogen) atoms. The topological polar surface area (TPSA) is 97.3 Å².